The largest absolute Gasteiger partial charge is 0.481 e. The zero-order valence-electron chi connectivity index (χ0n) is 20.9. The van der Waals surface area contributed by atoms with Crippen LogP contribution in [-0.4, -0.2) is 40.0 Å². The number of carboxylic acid groups (broad SMARTS) is 1. The molecule has 190 valence electrons. The van der Waals surface area contributed by atoms with E-state index in [1.54, 1.807) is 25.2 Å². The monoisotopic (exact) mass is 491 g/mol. The molecular formula is C29H34FN3O3. The summed E-state index contributed by atoms with van der Waals surface area (Å²) in [7, 11) is 1.61. The van der Waals surface area contributed by atoms with E-state index in [0.717, 1.165) is 29.8 Å². The number of carboxylic acids is 1. The van der Waals surface area contributed by atoms with Crippen LogP contribution < -0.4 is 5.32 Å². The minimum Gasteiger partial charge on any atom is -0.481 e. The summed E-state index contributed by atoms with van der Waals surface area (Å²) in [5.41, 5.74) is 4.58. The molecule has 0 bridgehead atoms. The molecule has 1 aromatic heterocycles. The second kappa shape index (κ2) is 11.4. The lowest BCUT2D eigenvalue weighted by Crippen LogP contribution is -2.29. The summed E-state index contributed by atoms with van der Waals surface area (Å²) < 4.78 is 15.8. The van der Waals surface area contributed by atoms with Gasteiger partial charge in [-0.1, -0.05) is 25.3 Å². The Morgan fingerprint density at radius 2 is 1.83 bits per heavy atom. The molecule has 36 heavy (non-hydrogen) atoms. The maximum Gasteiger partial charge on any atom is 0.305 e. The van der Waals surface area contributed by atoms with E-state index in [1.807, 2.05) is 22.8 Å². The van der Waals surface area contributed by atoms with E-state index in [-0.39, 0.29) is 30.7 Å². The number of hydrogen-bond acceptors (Lipinski definition) is 3. The Morgan fingerprint density at radius 1 is 1.11 bits per heavy atom. The predicted molar refractivity (Wildman–Crippen MR) is 139 cm³/mol. The van der Waals surface area contributed by atoms with Crippen molar-refractivity contribution in [3.63, 3.8) is 0 Å². The summed E-state index contributed by atoms with van der Waals surface area (Å²) in [4.78, 5) is 24.9. The first-order valence-corrected chi connectivity index (χ1v) is 12.6. The third kappa shape index (κ3) is 6.14. The average Bonchev–Trinajstić information content (AvgIpc) is 3.27. The Morgan fingerprint density at radius 3 is 2.50 bits per heavy atom. The zero-order valence-corrected chi connectivity index (χ0v) is 20.9. The highest BCUT2D eigenvalue weighted by Gasteiger charge is 2.27. The number of hydrogen-bond donors (Lipinski definition) is 2. The number of benzene rings is 2. The van der Waals surface area contributed by atoms with Gasteiger partial charge in [0, 0.05) is 42.9 Å². The second-order valence-electron chi connectivity index (χ2n) is 9.75. The van der Waals surface area contributed by atoms with Gasteiger partial charge in [0.2, 0.25) is 0 Å². The van der Waals surface area contributed by atoms with Gasteiger partial charge < -0.3 is 19.9 Å². The Labute approximate surface area is 211 Å². The van der Waals surface area contributed by atoms with Crippen molar-refractivity contribution < 1.29 is 19.1 Å². The molecule has 0 spiro atoms. The number of aromatic nitrogens is 1. The van der Waals surface area contributed by atoms with Crippen LogP contribution in [-0.2, 0) is 4.79 Å². The lowest BCUT2D eigenvalue weighted by Gasteiger charge is -2.32. The molecule has 3 aromatic rings. The highest BCUT2D eigenvalue weighted by Crippen LogP contribution is 2.38. The lowest BCUT2D eigenvalue weighted by atomic mass is 9.81. The Kier molecular flexibility index (Phi) is 8.08. The van der Waals surface area contributed by atoms with Gasteiger partial charge in [-0.25, -0.2) is 4.39 Å². The third-order valence-electron chi connectivity index (χ3n) is 7.09. The topological polar surface area (TPSA) is 74.6 Å². The van der Waals surface area contributed by atoms with Gasteiger partial charge in [-0.05, 0) is 79.3 Å². The fourth-order valence-corrected chi connectivity index (χ4v) is 5.07. The Bertz CT molecular complexity index is 1200. The predicted octanol–water partition coefficient (Wildman–Crippen LogP) is 6.21. The number of halogens is 1. The minimum atomic E-state index is -0.926. The van der Waals surface area contributed by atoms with Gasteiger partial charge in [0.25, 0.3) is 5.91 Å². The molecule has 1 unspecified atom stereocenters. The number of nitrogens with zero attached hydrogens (tertiary/aromatic N) is 2. The van der Waals surface area contributed by atoms with Crippen molar-refractivity contribution >= 4 is 17.6 Å². The van der Waals surface area contributed by atoms with Crippen LogP contribution in [0.1, 0.15) is 66.1 Å². The van der Waals surface area contributed by atoms with Crippen molar-refractivity contribution in [1.82, 2.24) is 9.47 Å². The van der Waals surface area contributed by atoms with Gasteiger partial charge in [0.1, 0.15) is 5.82 Å². The number of aryl methyl sites for hydroxylation is 1. The molecule has 1 atom stereocenters. The number of rotatable bonds is 9. The normalized spacial score (nSPS) is 14.9. The molecule has 6 nitrogen and oxygen atoms in total. The quantitative estimate of drug-likeness (QED) is 0.373. The summed E-state index contributed by atoms with van der Waals surface area (Å²) in [5, 5.41) is 12.6. The average molecular weight is 492 g/mol. The van der Waals surface area contributed by atoms with Crippen molar-refractivity contribution in [3.05, 3.63) is 83.4 Å². The van der Waals surface area contributed by atoms with Crippen LogP contribution >= 0.6 is 0 Å². The fraction of sp³-hybridized carbons (Fsp3) is 0.379. The van der Waals surface area contributed by atoms with E-state index < -0.39 is 5.97 Å². The van der Waals surface area contributed by atoms with E-state index in [0.29, 0.717) is 11.5 Å². The first kappa shape index (κ1) is 25.5. The summed E-state index contributed by atoms with van der Waals surface area (Å²) in [5.74, 6) is -0.908. The molecule has 1 aliphatic rings. The SMILES string of the molecule is Cc1cn(-c2cccc(F)c2)cc1C(Nc1ccc(C(=O)N(C)CCC(=O)O)cc1)C1CCCCC1. The molecule has 2 aromatic carbocycles. The van der Waals surface area contributed by atoms with E-state index in [1.165, 1.54) is 41.9 Å². The summed E-state index contributed by atoms with van der Waals surface area (Å²) in [6.07, 6.45) is 10.0. The Balaban J connectivity index is 1.56. The molecule has 1 heterocycles. The van der Waals surface area contributed by atoms with Crippen LogP contribution in [0.2, 0.25) is 0 Å². The van der Waals surface area contributed by atoms with Crippen LogP contribution in [0.3, 0.4) is 0 Å². The molecular weight excluding hydrogens is 457 g/mol. The van der Waals surface area contributed by atoms with Crippen molar-refractivity contribution in [2.45, 2.75) is 51.5 Å². The van der Waals surface area contributed by atoms with Crippen LogP contribution in [0.5, 0.6) is 0 Å². The van der Waals surface area contributed by atoms with E-state index in [2.05, 4.69) is 24.6 Å². The molecule has 1 amide bonds. The van der Waals surface area contributed by atoms with Gasteiger partial charge >= 0.3 is 5.97 Å². The molecule has 1 aliphatic carbocycles. The second-order valence-corrected chi connectivity index (χ2v) is 9.75. The molecule has 0 aliphatic heterocycles. The standard InChI is InChI=1S/C29H34FN3O3/c1-20-18-33(25-10-6-9-23(30)17-25)19-26(20)28(21-7-4-3-5-8-21)31-24-13-11-22(12-14-24)29(36)32(2)16-15-27(34)35/h6,9-14,17-19,21,28,31H,3-5,7-8,15-16H2,1-2H3,(H,34,35). The van der Waals surface area contributed by atoms with Crippen LogP contribution in [0, 0.1) is 18.7 Å². The van der Waals surface area contributed by atoms with Crippen molar-refractivity contribution in [2.75, 3.05) is 18.9 Å². The molecule has 4 rings (SSSR count). The van der Waals surface area contributed by atoms with Gasteiger partial charge in [-0.15, -0.1) is 0 Å². The minimum absolute atomic E-state index is 0.0838. The highest BCUT2D eigenvalue weighted by molar-refractivity contribution is 5.94. The molecule has 0 saturated heterocycles. The van der Waals surface area contributed by atoms with Gasteiger partial charge in [-0.2, -0.15) is 0 Å². The molecule has 1 fully saturated rings. The van der Waals surface area contributed by atoms with E-state index >= 15 is 0 Å². The number of aliphatic carboxylic acids is 1. The fourth-order valence-electron chi connectivity index (χ4n) is 5.07. The first-order valence-electron chi connectivity index (χ1n) is 12.6. The molecule has 1 saturated carbocycles. The van der Waals surface area contributed by atoms with Gasteiger partial charge in [0.15, 0.2) is 0 Å². The summed E-state index contributed by atoms with van der Waals surface area (Å²) in [6.45, 7) is 2.26. The smallest absolute Gasteiger partial charge is 0.305 e. The van der Waals surface area contributed by atoms with Crippen LogP contribution in [0.15, 0.2) is 60.9 Å². The molecule has 0 radical (unpaired) electrons. The van der Waals surface area contributed by atoms with E-state index in [4.69, 9.17) is 5.11 Å². The first-order chi connectivity index (χ1) is 17.3. The van der Waals surface area contributed by atoms with Crippen molar-refractivity contribution in [2.24, 2.45) is 5.92 Å². The zero-order chi connectivity index (χ0) is 25.7. The number of amides is 1. The number of carbonyl (C=O) groups excluding carboxylic acids is 1. The number of carbonyl (C=O) groups is 2. The van der Waals surface area contributed by atoms with E-state index in [9.17, 15) is 14.0 Å². The van der Waals surface area contributed by atoms with Gasteiger partial charge in [-0.3, -0.25) is 9.59 Å². The number of nitrogens with one attached hydrogen (secondary N) is 1. The maximum atomic E-state index is 13.8. The lowest BCUT2D eigenvalue weighted by molar-refractivity contribution is -0.137. The molecule has 2 N–H and O–H groups in total. The molecule has 7 heteroatoms. The number of anilines is 1. The van der Waals surface area contributed by atoms with Crippen LogP contribution in [0.25, 0.3) is 5.69 Å². The Hall–Kier alpha value is -3.61. The van der Waals surface area contributed by atoms with Crippen LogP contribution in [0.4, 0.5) is 10.1 Å². The highest BCUT2D eigenvalue weighted by atomic mass is 19.1. The summed E-state index contributed by atoms with van der Waals surface area (Å²) in [6, 6.07) is 14.1. The maximum absolute atomic E-state index is 13.8. The van der Waals surface area contributed by atoms with Crippen molar-refractivity contribution in [1.29, 1.82) is 0 Å². The van der Waals surface area contributed by atoms with Crippen molar-refractivity contribution in [3.8, 4) is 5.69 Å². The summed E-state index contributed by atoms with van der Waals surface area (Å²) >= 11 is 0. The van der Waals surface area contributed by atoms with Gasteiger partial charge in [0.05, 0.1) is 12.5 Å². The third-order valence-corrected chi connectivity index (χ3v) is 7.09.